The quantitative estimate of drug-likeness (QED) is 0.779. The lowest BCUT2D eigenvalue weighted by atomic mass is 10.1. The Morgan fingerprint density at radius 3 is 2.74 bits per heavy atom. The van der Waals surface area contributed by atoms with Crippen LogP contribution in [0.15, 0.2) is 36.4 Å². The molecular formula is C18H28N2O2S. The number of rotatable bonds is 7. The minimum Gasteiger partial charge on any atom is -0.297 e. The molecule has 0 spiro atoms. The lowest BCUT2D eigenvalue weighted by molar-refractivity contribution is 0.233. The lowest BCUT2D eigenvalue weighted by Gasteiger charge is -2.27. The molecule has 2 rings (SSSR count). The van der Waals surface area contributed by atoms with Crippen molar-refractivity contribution in [2.24, 2.45) is 0 Å². The average molecular weight is 337 g/mol. The van der Waals surface area contributed by atoms with Crippen molar-refractivity contribution in [3.05, 3.63) is 42.0 Å². The summed E-state index contributed by atoms with van der Waals surface area (Å²) in [4.78, 5) is 2.50. The van der Waals surface area contributed by atoms with Crippen LogP contribution in [0.25, 0.3) is 6.08 Å². The van der Waals surface area contributed by atoms with Gasteiger partial charge in [0.1, 0.15) is 0 Å². The van der Waals surface area contributed by atoms with E-state index in [0.29, 0.717) is 12.6 Å². The van der Waals surface area contributed by atoms with Gasteiger partial charge in [-0.2, -0.15) is 0 Å². The number of hydrogen-bond donors (Lipinski definition) is 1. The van der Waals surface area contributed by atoms with Gasteiger partial charge in [-0.05, 0) is 37.9 Å². The van der Waals surface area contributed by atoms with Gasteiger partial charge in [0, 0.05) is 12.6 Å². The molecule has 1 atom stereocenters. The van der Waals surface area contributed by atoms with E-state index in [2.05, 4.69) is 46.0 Å². The number of sulfonamides is 1. The van der Waals surface area contributed by atoms with E-state index < -0.39 is 10.0 Å². The first-order chi connectivity index (χ1) is 11.0. The van der Waals surface area contributed by atoms with Crippen molar-refractivity contribution in [2.45, 2.75) is 38.1 Å². The Bertz CT molecular complexity index is 584. The minimum absolute atomic E-state index is 0.455. The van der Waals surface area contributed by atoms with E-state index in [4.69, 9.17) is 0 Å². The molecular weight excluding hydrogens is 308 g/mol. The molecule has 1 fully saturated rings. The SMILES string of the molecule is CS(=O)(=O)NCCCN1CCCCCC1/C=C/c1ccccc1. The van der Waals surface area contributed by atoms with Crippen LogP contribution in [0.3, 0.4) is 0 Å². The lowest BCUT2D eigenvalue weighted by Crippen LogP contribution is -2.36. The first kappa shape index (κ1) is 18.2. The molecule has 0 aliphatic carbocycles. The van der Waals surface area contributed by atoms with Crippen molar-refractivity contribution >= 4 is 16.1 Å². The van der Waals surface area contributed by atoms with E-state index in [1.165, 1.54) is 37.5 Å². The van der Waals surface area contributed by atoms with Gasteiger partial charge >= 0.3 is 0 Å². The van der Waals surface area contributed by atoms with Crippen molar-refractivity contribution in [1.82, 2.24) is 9.62 Å². The maximum atomic E-state index is 11.1. The molecule has 1 heterocycles. The predicted octanol–water partition coefficient (Wildman–Crippen LogP) is 2.88. The largest absolute Gasteiger partial charge is 0.297 e. The number of hydrogen-bond acceptors (Lipinski definition) is 3. The van der Waals surface area contributed by atoms with E-state index in [0.717, 1.165) is 19.5 Å². The topological polar surface area (TPSA) is 49.4 Å². The van der Waals surface area contributed by atoms with Gasteiger partial charge in [0.2, 0.25) is 10.0 Å². The number of likely N-dealkylation sites (tertiary alicyclic amines) is 1. The molecule has 1 aromatic carbocycles. The van der Waals surface area contributed by atoms with Crippen LogP contribution < -0.4 is 4.72 Å². The Labute approximate surface area is 140 Å². The number of benzene rings is 1. The van der Waals surface area contributed by atoms with Crippen molar-refractivity contribution in [2.75, 3.05) is 25.9 Å². The number of nitrogens with one attached hydrogen (secondary N) is 1. The Balaban J connectivity index is 1.90. The van der Waals surface area contributed by atoms with Crippen molar-refractivity contribution in [3.8, 4) is 0 Å². The third-order valence-electron chi connectivity index (χ3n) is 4.21. The van der Waals surface area contributed by atoms with Crippen LogP contribution in [0.5, 0.6) is 0 Å². The summed E-state index contributed by atoms with van der Waals surface area (Å²) in [7, 11) is -3.08. The first-order valence-corrected chi connectivity index (χ1v) is 10.4. The van der Waals surface area contributed by atoms with Gasteiger partial charge in [-0.3, -0.25) is 4.90 Å². The monoisotopic (exact) mass is 336 g/mol. The van der Waals surface area contributed by atoms with Gasteiger partial charge in [-0.1, -0.05) is 55.3 Å². The summed E-state index contributed by atoms with van der Waals surface area (Å²) in [6, 6.07) is 10.8. The zero-order chi connectivity index (χ0) is 16.5. The zero-order valence-electron chi connectivity index (χ0n) is 13.9. The van der Waals surface area contributed by atoms with E-state index in [9.17, 15) is 8.42 Å². The highest BCUT2D eigenvalue weighted by Gasteiger charge is 2.18. The van der Waals surface area contributed by atoms with Crippen LogP contribution in [-0.2, 0) is 10.0 Å². The highest BCUT2D eigenvalue weighted by Crippen LogP contribution is 2.19. The molecule has 4 nitrogen and oxygen atoms in total. The van der Waals surface area contributed by atoms with Crippen molar-refractivity contribution in [1.29, 1.82) is 0 Å². The highest BCUT2D eigenvalue weighted by molar-refractivity contribution is 7.88. The molecule has 5 heteroatoms. The van der Waals surface area contributed by atoms with Crippen LogP contribution in [0.4, 0.5) is 0 Å². The summed E-state index contributed by atoms with van der Waals surface area (Å²) < 4.78 is 24.8. The van der Waals surface area contributed by atoms with Gasteiger partial charge in [0.05, 0.1) is 6.26 Å². The smallest absolute Gasteiger partial charge is 0.208 e. The molecule has 1 saturated heterocycles. The van der Waals surface area contributed by atoms with Crippen LogP contribution in [-0.4, -0.2) is 45.2 Å². The van der Waals surface area contributed by atoms with Gasteiger partial charge in [-0.25, -0.2) is 13.1 Å². The molecule has 1 aliphatic rings. The summed E-state index contributed by atoms with van der Waals surface area (Å²) in [6.45, 7) is 2.56. The predicted molar refractivity (Wildman–Crippen MR) is 96.8 cm³/mol. The number of nitrogens with zero attached hydrogens (tertiary/aromatic N) is 1. The van der Waals surface area contributed by atoms with Crippen LogP contribution in [0.1, 0.15) is 37.7 Å². The summed E-state index contributed by atoms with van der Waals surface area (Å²) in [5, 5.41) is 0. The first-order valence-electron chi connectivity index (χ1n) is 8.46. The fourth-order valence-electron chi connectivity index (χ4n) is 3.02. The highest BCUT2D eigenvalue weighted by atomic mass is 32.2. The molecule has 0 radical (unpaired) electrons. The zero-order valence-corrected chi connectivity index (χ0v) is 14.8. The second-order valence-corrected chi connectivity index (χ2v) is 8.08. The maximum Gasteiger partial charge on any atom is 0.208 e. The van der Waals surface area contributed by atoms with E-state index in [-0.39, 0.29) is 0 Å². The van der Waals surface area contributed by atoms with Crippen molar-refractivity contribution < 1.29 is 8.42 Å². The molecule has 1 aliphatic heterocycles. The summed E-state index contributed by atoms with van der Waals surface area (Å²) >= 11 is 0. The molecule has 1 unspecified atom stereocenters. The second kappa shape index (κ2) is 9.21. The van der Waals surface area contributed by atoms with Gasteiger partial charge in [0.15, 0.2) is 0 Å². The van der Waals surface area contributed by atoms with Crippen molar-refractivity contribution in [3.63, 3.8) is 0 Å². The Morgan fingerprint density at radius 1 is 1.22 bits per heavy atom. The summed E-state index contributed by atoms with van der Waals surface area (Å²) in [5.74, 6) is 0. The summed E-state index contributed by atoms with van der Waals surface area (Å²) in [6.07, 6.45) is 11.5. The average Bonchev–Trinajstić information content (AvgIpc) is 2.75. The Hall–Kier alpha value is -1.17. The van der Waals surface area contributed by atoms with Crippen LogP contribution >= 0.6 is 0 Å². The van der Waals surface area contributed by atoms with Crippen LogP contribution in [0.2, 0.25) is 0 Å². The Morgan fingerprint density at radius 2 is 2.00 bits per heavy atom. The van der Waals surface area contributed by atoms with E-state index in [1.807, 2.05) is 6.07 Å². The Kier molecular flexibility index (Phi) is 7.27. The standard InChI is InChI=1S/C18H28N2O2S/c1-23(21,22)19-14-8-16-20-15-7-3-6-11-18(20)13-12-17-9-4-2-5-10-17/h2,4-5,9-10,12-13,18-19H,3,6-8,11,14-16H2,1H3/b13-12+. The molecule has 0 saturated carbocycles. The summed E-state index contributed by atoms with van der Waals surface area (Å²) in [5.41, 5.74) is 1.23. The normalized spacial score (nSPS) is 20.7. The third-order valence-corrected chi connectivity index (χ3v) is 4.94. The third kappa shape index (κ3) is 7.29. The van der Waals surface area contributed by atoms with Gasteiger partial charge in [-0.15, -0.1) is 0 Å². The second-order valence-electron chi connectivity index (χ2n) is 6.24. The molecule has 23 heavy (non-hydrogen) atoms. The molecule has 0 aromatic heterocycles. The van der Waals surface area contributed by atoms with Gasteiger partial charge < -0.3 is 0 Å². The fourth-order valence-corrected chi connectivity index (χ4v) is 3.53. The maximum absolute atomic E-state index is 11.1. The minimum atomic E-state index is -3.08. The van der Waals surface area contributed by atoms with Gasteiger partial charge in [0.25, 0.3) is 0 Å². The van der Waals surface area contributed by atoms with E-state index >= 15 is 0 Å². The molecule has 128 valence electrons. The molecule has 1 aromatic rings. The molecule has 0 amide bonds. The van der Waals surface area contributed by atoms with Crippen LogP contribution in [0, 0.1) is 0 Å². The fraction of sp³-hybridized carbons (Fsp3) is 0.556. The molecule has 1 N–H and O–H groups in total. The van der Waals surface area contributed by atoms with E-state index in [1.54, 1.807) is 0 Å². The molecule has 0 bridgehead atoms.